The molecule has 1 heterocycles. The van der Waals surface area contributed by atoms with Crippen LogP contribution in [-0.4, -0.2) is 71.1 Å². The predicted octanol–water partition coefficient (Wildman–Crippen LogP) is 0.886. The maximum Gasteiger partial charge on any atom is 0.282 e. The van der Waals surface area contributed by atoms with E-state index in [1.54, 1.807) is 21.3 Å². The van der Waals surface area contributed by atoms with Gasteiger partial charge in [0, 0.05) is 45.9 Å². The SMILES string of the molecule is COCCN(C)S(=O)(=O)N1CCNCC1c1ccccc1OC.Cl. The summed E-state index contributed by atoms with van der Waals surface area (Å²) in [4.78, 5) is 0. The molecule has 2 rings (SSSR count). The molecule has 1 aromatic rings. The van der Waals surface area contributed by atoms with E-state index in [1.165, 1.54) is 8.61 Å². The van der Waals surface area contributed by atoms with Crippen LogP contribution in [0, 0.1) is 0 Å². The van der Waals surface area contributed by atoms with E-state index in [9.17, 15) is 8.42 Å². The molecule has 0 aromatic heterocycles. The molecule has 24 heavy (non-hydrogen) atoms. The molecule has 1 aliphatic heterocycles. The molecular weight excluding hydrogens is 354 g/mol. The lowest BCUT2D eigenvalue weighted by Crippen LogP contribution is -2.53. The Morgan fingerprint density at radius 3 is 2.71 bits per heavy atom. The molecule has 0 radical (unpaired) electrons. The summed E-state index contributed by atoms with van der Waals surface area (Å²) in [6.45, 7) is 2.28. The van der Waals surface area contributed by atoms with Gasteiger partial charge in [-0.15, -0.1) is 12.4 Å². The molecule has 1 saturated heterocycles. The summed E-state index contributed by atoms with van der Waals surface area (Å²) in [5.74, 6) is 0.695. The van der Waals surface area contributed by atoms with Crippen LogP contribution in [-0.2, 0) is 14.9 Å². The second-order valence-corrected chi connectivity index (χ2v) is 7.38. The second kappa shape index (κ2) is 9.55. The molecule has 1 fully saturated rings. The second-order valence-electron chi connectivity index (χ2n) is 5.39. The van der Waals surface area contributed by atoms with E-state index >= 15 is 0 Å². The number of ether oxygens (including phenoxy) is 2. The summed E-state index contributed by atoms with van der Waals surface area (Å²) in [7, 11) is 1.17. The molecule has 1 N–H and O–H groups in total. The van der Waals surface area contributed by atoms with Crippen molar-refractivity contribution in [2.75, 3.05) is 54.1 Å². The topological polar surface area (TPSA) is 71.1 Å². The summed E-state index contributed by atoms with van der Waals surface area (Å²) >= 11 is 0. The summed E-state index contributed by atoms with van der Waals surface area (Å²) < 4.78 is 39.1. The highest BCUT2D eigenvalue weighted by atomic mass is 35.5. The lowest BCUT2D eigenvalue weighted by Gasteiger charge is -2.38. The van der Waals surface area contributed by atoms with E-state index in [4.69, 9.17) is 9.47 Å². The fourth-order valence-electron chi connectivity index (χ4n) is 2.68. The minimum absolute atomic E-state index is 0. The van der Waals surface area contributed by atoms with Crippen LogP contribution >= 0.6 is 12.4 Å². The van der Waals surface area contributed by atoms with Crippen molar-refractivity contribution in [3.05, 3.63) is 29.8 Å². The van der Waals surface area contributed by atoms with Gasteiger partial charge in [0.1, 0.15) is 5.75 Å². The van der Waals surface area contributed by atoms with Crippen LogP contribution in [0.4, 0.5) is 0 Å². The van der Waals surface area contributed by atoms with Crippen molar-refractivity contribution in [2.45, 2.75) is 6.04 Å². The number of nitrogens with zero attached hydrogens (tertiary/aromatic N) is 2. The Labute approximate surface area is 150 Å². The highest BCUT2D eigenvalue weighted by Gasteiger charge is 2.36. The number of hydrogen-bond donors (Lipinski definition) is 1. The zero-order valence-corrected chi connectivity index (χ0v) is 15.9. The number of nitrogens with one attached hydrogen (secondary N) is 1. The minimum atomic E-state index is -3.57. The summed E-state index contributed by atoms with van der Waals surface area (Å²) in [5.41, 5.74) is 0.867. The van der Waals surface area contributed by atoms with Gasteiger partial charge < -0.3 is 14.8 Å². The number of rotatable bonds is 7. The van der Waals surface area contributed by atoms with Crippen molar-refractivity contribution in [3.8, 4) is 5.75 Å². The molecule has 0 aliphatic carbocycles. The number of piperazine rings is 1. The number of likely N-dealkylation sites (N-methyl/N-ethyl adjacent to an activating group) is 1. The van der Waals surface area contributed by atoms with Crippen LogP contribution in [0.15, 0.2) is 24.3 Å². The van der Waals surface area contributed by atoms with Gasteiger partial charge in [-0.1, -0.05) is 18.2 Å². The third kappa shape index (κ3) is 4.59. The first-order chi connectivity index (χ1) is 11.0. The molecule has 138 valence electrons. The lowest BCUT2D eigenvalue weighted by molar-refractivity contribution is 0.178. The quantitative estimate of drug-likeness (QED) is 0.761. The van der Waals surface area contributed by atoms with Crippen LogP contribution < -0.4 is 10.1 Å². The molecule has 0 saturated carbocycles. The molecule has 1 aliphatic rings. The molecule has 0 bridgehead atoms. The molecule has 7 nitrogen and oxygen atoms in total. The predicted molar refractivity (Wildman–Crippen MR) is 96.0 cm³/mol. The molecule has 9 heteroatoms. The summed E-state index contributed by atoms with van der Waals surface area (Å²) in [5, 5.41) is 3.26. The highest BCUT2D eigenvalue weighted by Crippen LogP contribution is 2.32. The van der Waals surface area contributed by atoms with Crippen molar-refractivity contribution in [1.82, 2.24) is 13.9 Å². The van der Waals surface area contributed by atoms with E-state index in [-0.39, 0.29) is 18.4 Å². The van der Waals surface area contributed by atoms with Gasteiger partial charge in [-0.3, -0.25) is 0 Å². The fourth-order valence-corrected chi connectivity index (χ4v) is 4.18. The standard InChI is InChI=1S/C15H25N3O4S.ClH/c1-17(10-11-21-2)23(19,20)18-9-8-16-12-14(18)13-6-4-5-7-15(13)22-3;/h4-7,14,16H,8-12H2,1-3H3;1H. The van der Waals surface area contributed by atoms with Gasteiger partial charge in [-0.2, -0.15) is 17.0 Å². The number of para-hydroxylation sites is 1. The van der Waals surface area contributed by atoms with Crippen molar-refractivity contribution in [3.63, 3.8) is 0 Å². The van der Waals surface area contributed by atoms with Crippen molar-refractivity contribution in [1.29, 1.82) is 0 Å². The van der Waals surface area contributed by atoms with Crippen LogP contribution in [0.25, 0.3) is 0 Å². The number of benzene rings is 1. The third-order valence-corrected chi connectivity index (χ3v) is 5.99. The van der Waals surface area contributed by atoms with E-state index in [2.05, 4.69) is 5.32 Å². The van der Waals surface area contributed by atoms with Gasteiger partial charge >= 0.3 is 0 Å². The van der Waals surface area contributed by atoms with E-state index in [0.717, 1.165) is 5.56 Å². The lowest BCUT2D eigenvalue weighted by atomic mass is 10.0. The molecule has 1 atom stereocenters. The molecule has 1 unspecified atom stereocenters. The molecule has 0 spiro atoms. The van der Waals surface area contributed by atoms with Gasteiger partial charge in [0.25, 0.3) is 10.2 Å². The number of hydrogen-bond acceptors (Lipinski definition) is 5. The van der Waals surface area contributed by atoms with Crippen LogP contribution in [0.1, 0.15) is 11.6 Å². The van der Waals surface area contributed by atoms with E-state index in [0.29, 0.717) is 38.5 Å². The smallest absolute Gasteiger partial charge is 0.282 e. The Morgan fingerprint density at radius 1 is 1.33 bits per heavy atom. The van der Waals surface area contributed by atoms with Gasteiger partial charge in [0.15, 0.2) is 0 Å². The molecular formula is C15H26ClN3O4S. The van der Waals surface area contributed by atoms with Crippen LogP contribution in [0.2, 0.25) is 0 Å². The monoisotopic (exact) mass is 379 g/mol. The largest absolute Gasteiger partial charge is 0.496 e. The average Bonchev–Trinajstić information content (AvgIpc) is 2.59. The Hall–Kier alpha value is -0.900. The first-order valence-corrected chi connectivity index (χ1v) is 8.97. The Balaban J connectivity index is 0.00000288. The first kappa shape index (κ1) is 21.1. The maximum absolute atomic E-state index is 12.9. The summed E-state index contributed by atoms with van der Waals surface area (Å²) in [6.07, 6.45) is 0. The van der Waals surface area contributed by atoms with Crippen LogP contribution in [0.3, 0.4) is 0 Å². The van der Waals surface area contributed by atoms with E-state index < -0.39 is 10.2 Å². The Bertz CT molecular complexity index is 614. The zero-order valence-electron chi connectivity index (χ0n) is 14.3. The zero-order chi connectivity index (χ0) is 16.9. The van der Waals surface area contributed by atoms with Crippen molar-refractivity contribution < 1.29 is 17.9 Å². The molecule has 0 amide bonds. The minimum Gasteiger partial charge on any atom is -0.496 e. The van der Waals surface area contributed by atoms with E-state index in [1.807, 2.05) is 24.3 Å². The fraction of sp³-hybridized carbons (Fsp3) is 0.600. The van der Waals surface area contributed by atoms with Crippen molar-refractivity contribution >= 4 is 22.6 Å². The first-order valence-electron chi connectivity index (χ1n) is 7.58. The maximum atomic E-state index is 12.9. The van der Waals surface area contributed by atoms with Gasteiger partial charge in [0.2, 0.25) is 0 Å². The number of methoxy groups -OCH3 is 2. The normalized spacial score (nSPS) is 19.1. The number of halogens is 1. The van der Waals surface area contributed by atoms with Gasteiger partial charge in [0.05, 0.1) is 19.8 Å². The summed E-state index contributed by atoms with van der Waals surface area (Å²) in [6, 6.07) is 7.24. The van der Waals surface area contributed by atoms with Gasteiger partial charge in [-0.25, -0.2) is 0 Å². The Morgan fingerprint density at radius 2 is 2.04 bits per heavy atom. The van der Waals surface area contributed by atoms with Gasteiger partial charge in [-0.05, 0) is 6.07 Å². The third-order valence-electron chi connectivity index (χ3n) is 3.99. The Kier molecular flexibility index (Phi) is 8.41. The average molecular weight is 380 g/mol. The molecule has 1 aromatic carbocycles. The van der Waals surface area contributed by atoms with Crippen LogP contribution in [0.5, 0.6) is 5.75 Å². The highest BCUT2D eigenvalue weighted by molar-refractivity contribution is 7.86. The van der Waals surface area contributed by atoms with Crippen molar-refractivity contribution in [2.24, 2.45) is 0 Å².